The van der Waals surface area contributed by atoms with Crippen LogP contribution in [0.25, 0.3) is 0 Å². The van der Waals surface area contributed by atoms with E-state index in [0.717, 1.165) is 12.1 Å². The molecule has 126 valence electrons. The molecule has 0 unspecified atom stereocenters. The molecule has 2 aromatic rings. The second kappa shape index (κ2) is 6.97. The molecule has 0 aliphatic heterocycles. The smallest absolute Gasteiger partial charge is 0.239 e. The van der Waals surface area contributed by atoms with Gasteiger partial charge in [-0.15, -0.1) is 0 Å². The van der Waals surface area contributed by atoms with Gasteiger partial charge in [-0.05, 0) is 44.2 Å². The summed E-state index contributed by atoms with van der Waals surface area (Å²) in [5.41, 5.74) is -0.948. The summed E-state index contributed by atoms with van der Waals surface area (Å²) in [6.45, 7) is 2.84. The third-order valence-electron chi connectivity index (χ3n) is 3.40. The molecule has 0 atom stereocenters. The molecule has 0 aliphatic carbocycles. The lowest BCUT2D eigenvalue weighted by Crippen LogP contribution is -2.41. The maximum absolute atomic E-state index is 13.2. The van der Waals surface area contributed by atoms with E-state index in [1.54, 1.807) is 24.3 Å². The average molecular weight is 353 g/mol. The van der Waals surface area contributed by atoms with Crippen molar-refractivity contribution in [3.63, 3.8) is 0 Å². The standard InChI is InChI=1S/C17H15ClF2N2O2/c1-17(2,15(23)21-11-5-3-4-10(18)8-11)16(24)22-12-6-7-13(19)14(20)9-12/h3-9H,1-2H3,(H,21,23)(H,22,24). The van der Waals surface area contributed by atoms with Crippen molar-refractivity contribution in [2.45, 2.75) is 13.8 Å². The third kappa shape index (κ3) is 4.08. The van der Waals surface area contributed by atoms with Gasteiger partial charge >= 0.3 is 0 Å². The molecule has 0 bridgehead atoms. The van der Waals surface area contributed by atoms with Crippen molar-refractivity contribution in [1.82, 2.24) is 0 Å². The van der Waals surface area contributed by atoms with E-state index < -0.39 is 28.9 Å². The van der Waals surface area contributed by atoms with Crippen LogP contribution in [0.3, 0.4) is 0 Å². The number of amides is 2. The van der Waals surface area contributed by atoms with Gasteiger partial charge in [-0.25, -0.2) is 8.78 Å². The summed E-state index contributed by atoms with van der Waals surface area (Å²) in [5.74, 6) is -3.34. The van der Waals surface area contributed by atoms with E-state index >= 15 is 0 Å². The quantitative estimate of drug-likeness (QED) is 0.809. The van der Waals surface area contributed by atoms with Gasteiger partial charge in [0.1, 0.15) is 5.41 Å². The fraction of sp³-hybridized carbons (Fsp3) is 0.176. The summed E-state index contributed by atoms with van der Waals surface area (Å²) in [6.07, 6.45) is 0. The topological polar surface area (TPSA) is 58.2 Å². The van der Waals surface area contributed by atoms with E-state index in [1.807, 2.05) is 0 Å². The number of hydrogen-bond acceptors (Lipinski definition) is 2. The Labute approximate surface area is 142 Å². The molecule has 0 spiro atoms. The fourth-order valence-electron chi connectivity index (χ4n) is 1.82. The van der Waals surface area contributed by atoms with E-state index in [4.69, 9.17) is 11.6 Å². The van der Waals surface area contributed by atoms with Crippen LogP contribution in [-0.2, 0) is 9.59 Å². The predicted octanol–water partition coefficient (Wildman–Crippen LogP) is 4.22. The first-order chi connectivity index (χ1) is 11.2. The number of carbonyl (C=O) groups is 2. The number of benzene rings is 2. The second-order valence-electron chi connectivity index (χ2n) is 5.67. The maximum atomic E-state index is 13.2. The second-order valence-corrected chi connectivity index (χ2v) is 6.11. The van der Waals surface area contributed by atoms with Gasteiger partial charge in [0.05, 0.1) is 0 Å². The number of hydrogen-bond donors (Lipinski definition) is 2. The van der Waals surface area contributed by atoms with Gasteiger partial charge < -0.3 is 10.6 Å². The molecule has 0 fully saturated rings. The molecule has 2 rings (SSSR count). The molecule has 4 nitrogen and oxygen atoms in total. The Hall–Kier alpha value is -2.47. The number of carbonyl (C=O) groups excluding carboxylic acids is 2. The SMILES string of the molecule is CC(C)(C(=O)Nc1cccc(Cl)c1)C(=O)Nc1ccc(F)c(F)c1. The minimum absolute atomic E-state index is 0.0579. The van der Waals surface area contributed by atoms with Gasteiger partial charge in [-0.3, -0.25) is 9.59 Å². The monoisotopic (exact) mass is 352 g/mol. The van der Waals surface area contributed by atoms with E-state index in [-0.39, 0.29) is 5.69 Å². The van der Waals surface area contributed by atoms with Crippen molar-refractivity contribution >= 4 is 34.8 Å². The third-order valence-corrected chi connectivity index (χ3v) is 3.63. The minimum atomic E-state index is -1.45. The summed E-state index contributed by atoms with van der Waals surface area (Å²) in [6, 6.07) is 9.43. The maximum Gasteiger partial charge on any atom is 0.239 e. The fourth-order valence-corrected chi connectivity index (χ4v) is 2.01. The summed E-state index contributed by atoms with van der Waals surface area (Å²) in [5, 5.41) is 5.43. The van der Waals surface area contributed by atoms with Crippen molar-refractivity contribution in [2.75, 3.05) is 10.6 Å². The van der Waals surface area contributed by atoms with Crippen LogP contribution < -0.4 is 10.6 Å². The Morgan fingerprint density at radius 2 is 1.50 bits per heavy atom. The highest BCUT2D eigenvalue weighted by atomic mass is 35.5. The summed E-state index contributed by atoms with van der Waals surface area (Å²) < 4.78 is 26.1. The van der Waals surface area contributed by atoms with Crippen molar-refractivity contribution in [2.24, 2.45) is 5.41 Å². The van der Waals surface area contributed by atoms with Gasteiger partial charge in [-0.2, -0.15) is 0 Å². The molecule has 0 saturated heterocycles. The molecule has 0 heterocycles. The molecule has 0 saturated carbocycles. The summed E-state index contributed by atoms with van der Waals surface area (Å²) >= 11 is 5.84. The molecular formula is C17H15ClF2N2O2. The highest BCUT2D eigenvalue weighted by Gasteiger charge is 2.36. The molecule has 0 radical (unpaired) electrons. The van der Waals surface area contributed by atoms with Gasteiger partial charge in [0.15, 0.2) is 11.6 Å². The first kappa shape index (κ1) is 17.9. The molecule has 2 amide bonds. The lowest BCUT2D eigenvalue weighted by Gasteiger charge is -2.22. The Morgan fingerprint density at radius 3 is 2.04 bits per heavy atom. The molecular weight excluding hydrogens is 338 g/mol. The Balaban J connectivity index is 2.11. The van der Waals surface area contributed by atoms with E-state index in [0.29, 0.717) is 10.7 Å². The van der Waals surface area contributed by atoms with Crippen LogP contribution in [0.15, 0.2) is 42.5 Å². The zero-order valence-corrected chi connectivity index (χ0v) is 13.7. The zero-order chi connectivity index (χ0) is 17.9. The van der Waals surface area contributed by atoms with Crippen LogP contribution in [-0.4, -0.2) is 11.8 Å². The minimum Gasteiger partial charge on any atom is -0.325 e. The summed E-state index contributed by atoms with van der Waals surface area (Å²) in [7, 11) is 0. The van der Waals surface area contributed by atoms with Crippen molar-refractivity contribution in [1.29, 1.82) is 0 Å². The van der Waals surface area contributed by atoms with E-state index in [2.05, 4.69) is 10.6 Å². The molecule has 2 N–H and O–H groups in total. The molecule has 0 aliphatic rings. The van der Waals surface area contributed by atoms with Crippen molar-refractivity contribution < 1.29 is 18.4 Å². The van der Waals surface area contributed by atoms with Crippen LogP contribution in [0.1, 0.15) is 13.8 Å². The first-order valence-electron chi connectivity index (χ1n) is 7.03. The highest BCUT2D eigenvalue weighted by Crippen LogP contribution is 2.23. The van der Waals surface area contributed by atoms with Gasteiger partial charge in [-0.1, -0.05) is 17.7 Å². The molecule has 2 aromatic carbocycles. The van der Waals surface area contributed by atoms with Crippen LogP contribution in [0.2, 0.25) is 5.02 Å². The van der Waals surface area contributed by atoms with Gasteiger partial charge in [0.25, 0.3) is 0 Å². The van der Waals surface area contributed by atoms with Gasteiger partial charge in [0.2, 0.25) is 11.8 Å². The number of nitrogens with one attached hydrogen (secondary N) is 2. The van der Waals surface area contributed by atoms with Crippen LogP contribution in [0.4, 0.5) is 20.2 Å². The molecule has 7 heteroatoms. The van der Waals surface area contributed by atoms with Crippen LogP contribution in [0.5, 0.6) is 0 Å². The number of anilines is 2. The zero-order valence-electron chi connectivity index (χ0n) is 13.0. The average Bonchev–Trinajstić information content (AvgIpc) is 2.50. The van der Waals surface area contributed by atoms with Crippen molar-refractivity contribution in [3.8, 4) is 0 Å². The van der Waals surface area contributed by atoms with E-state index in [1.165, 1.54) is 19.9 Å². The number of rotatable bonds is 4. The lowest BCUT2D eigenvalue weighted by molar-refractivity contribution is -0.135. The number of halogens is 3. The van der Waals surface area contributed by atoms with Crippen LogP contribution >= 0.6 is 11.6 Å². The van der Waals surface area contributed by atoms with Crippen LogP contribution in [0, 0.1) is 17.0 Å². The normalized spacial score (nSPS) is 11.0. The molecule has 24 heavy (non-hydrogen) atoms. The lowest BCUT2D eigenvalue weighted by atomic mass is 9.90. The molecule has 0 aromatic heterocycles. The largest absolute Gasteiger partial charge is 0.325 e. The highest BCUT2D eigenvalue weighted by molar-refractivity contribution is 6.31. The van der Waals surface area contributed by atoms with Gasteiger partial charge in [0, 0.05) is 22.5 Å². The Morgan fingerprint density at radius 1 is 0.917 bits per heavy atom. The predicted molar refractivity (Wildman–Crippen MR) is 88.9 cm³/mol. The summed E-state index contributed by atoms with van der Waals surface area (Å²) in [4.78, 5) is 24.7. The van der Waals surface area contributed by atoms with E-state index in [9.17, 15) is 18.4 Å². The Kier molecular flexibility index (Phi) is 5.19. The Bertz CT molecular complexity index is 794. The first-order valence-corrected chi connectivity index (χ1v) is 7.41. The van der Waals surface area contributed by atoms with Crippen molar-refractivity contribution in [3.05, 3.63) is 59.1 Å².